The fraction of sp³-hybridized carbons (Fsp3) is 0.537. The van der Waals surface area contributed by atoms with Crippen LogP contribution in [0.1, 0.15) is 110 Å². The molecule has 1 radical (unpaired) electrons. The second-order valence-corrected chi connectivity index (χ2v) is 13.6. The minimum Gasteiger partial charge on any atom is -0.676 e. The van der Waals surface area contributed by atoms with Crippen LogP contribution < -0.4 is 21.3 Å². The second kappa shape index (κ2) is 27.0. The zero-order chi connectivity index (χ0) is 35.0. The van der Waals surface area contributed by atoms with Crippen LogP contribution in [-0.4, -0.2) is 33.7 Å². The van der Waals surface area contributed by atoms with Crippen molar-refractivity contribution in [3.8, 4) is 0 Å². The molecule has 1 heterocycles. The Morgan fingerprint density at radius 3 is 2.02 bits per heavy atom. The van der Waals surface area contributed by atoms with Crippen LogP contribution in [-0.2, 0) is 39.3 Å². The maximum Gasteiger partial charge on any atom is 0.0674 e. The van der Waals surface area contributed by atoms with Crippen molar-refractivity contribution in [3.05, 3.63) is 103 Å². The molecule has 3 rings (SSSR count). The quantitative estimate of drug-likeness (QED) is 0.103. The molecule has 0 amide bonds. The van der Waals surface area contributed by atoms with E-state index in [-0.39, 0.29) is 32.7 Å². The molecule has 2 aromatic rings. The van der Waals surface area contributed by atoms with E-state index in [9.17, 15) is 0 Å². The van der Waals surface area contributed by atoms with Gasteiger partial charge >= 0.3 is 0 Å². The van der Waals surface area contributed by atoms with Crippen molar-refractivity contribution >= 4 is 17.1 Å². The van der Waals surface area contributed by atoms with Gasteiger partial charge in [-0.3, -0.25) is 0 Å². The predicted molar refractivity (Wildman–Crippen MR) is 209 cm³/mol. The number of nitrogens with zero attached hydrogens (tertiary/aromatic N) is 1. The number of unbranched alkanes of at least 4 members (excludes halogenated alkanes) is 2. The molecule has 5 N–H and O–H groups in total. The maximum absolute atomic E-state index is 7.42. The zero-order valence-corrected chi connectivity index (χ0v) is 34.3. The van der Waals surface area contributed by atoms with Crippen LogP contribution in [0.2, 0.25) is 0 Å². The van der Waals surface area contributed by atoms with E-state index < -0.39 is 0 Å². The normalized spacial score (nSPS) is 13.6. The van der Waals surface area contributed by atoms with Crippen molar-refractivity contribution < 1.29 is 32.7 Å². The Balaban J connectivity index is 0. The summed E-state index contributed by atoms with van der Waals surface area (Å²) in [4.78, 5) is 2.24. The van der Waals surface area contributed by atoms with Crippen molar-refractivity contribution in [1.82, 2.24) is 10.6 Å². The molecule has 1 aliphatic rings. The van der Waals surface area contributed by atoms with Gasteiger partial charge in [0, 0.05) is 63.1 Å². The molecule has 0 spiro atoms. The number of nitrogens with two attached hydrogens (primary N) is 1. The van der Waals surface area contributed by atoms with Gasteiger partial charge in [0.25, 0.3) is 0 Å². The third-order valence-corrected chi connectivity index (χ3v) is 8.33. The van der Waals surface area contributed by atoms with Gasteiger partial charge in [-0.15, -0.1) is 19.7 Å². The summed E-state index contributed by atoms with van der Waals surface area (Å²) >= 11 is 0. The smallest absolute Gasteiger partial charge is 0.0674 e. The molecule has 0 fully saturated rings. The van der Waals surface area contributed by atoms with Crippen LogP contribution in [0.3, 0.4) is 0 Å². The number of hydrogen-bond donors (Lipinski definition) is 3. The summed E-state index contributed by atoms with van der Waals surface area (Å²) in [7, 11) is 4.03. The summed E-state index contributed by atoms with van der Waals surface area (Å²) in [5.41, 5.74) is 21.0. The molecule has 2 aromatic carbocycles. The number of fused-ring (bicyclic) bond motifs is 2. The molecular formula is C41H69N5Y-2. The maximum atomic E-state index is 7.42. The molecule has 0 saturated heterocycles. The van der Waals surface area contributed by atoms with E-state index in [1.807, 2.05) is 43.5 Å². The van der Waals surface area contributed by atoms with Crippen molar-refractivity contribution in [3.63, 3.8) is 0 Å². The van der Waals surface area contributed by atoms with E-state index in [0.717, 1.165) is 60.6 Å². The molecule has 0 aromatic heterocycles. The molecule has 0 atom stereocenters. The number of hydrogen-bond acceptors (Lipinski definition) is 4. The number of rotatable bonds is 14. The third kappa shape index (κ3) is 19.6. The van der Waals surface area contributed by atoms with Crippen LogP contribution in [0.15, 0.2) is 73.8 Å². The van der Waals surface area contributed by atoms with E-state index in [2.05, 4.69) is 108 Å². The van der Waals surface area contributed by atoms with Crippen molar-refractivity contribution in [2.24, 2.45) is 16.6 Å². The van der Waals surface area contributed by atoms with Crippen molar-refractivity contribution in [2.75, 3.05) is 38.6 Å². The van der Waals surface area contributed by atoms with Gasteiger partial charge in [-0.1, -0.05) is 115 Å². The zero-order valence-electron chi connectivity index (χ0n) is 31.5. The standard InChI is InChI=1S/C18H21N4.C13H26.C5H11N.C5H11.Y/c1-22-12-13-6-2-3-7-14(13)17(20)18(21-11-10-19)15-8-4-5-9-16(15)22;1-7-9-13(5,6)11-10-12(3,4)8-2;1-3-4-5-6-2;1-3-5-4-2;/h2-9,19,21H,10-12,20H2,1H3;7H,1,8-11H2,2-6H3;3,6H,1,4-5H2,2H3;1,3-5H2,2H3;/q-1;;;-1;/b18-17-;;;;. The number of para-hydroxylation sites is 1. The topological polar surface area (TPSA) is 77.1 Å². The number of nitrogens with one attached hydrogen (secondary N) is 3. The summed E-state index contributed by atoms with van der Waals surface area (Å²) in [5.74, 6) is 0. The fourth-order valence-corrected chi connectivity index (χ4v) is 4.78. The first kappa shape index (κ1) is 47.2. The van der Waals surface area contributed by atoms with Crippen LogP contribution in [0, 0.1) is 17.8 Å². The SMILES string of the molecule is C=CCC(C)(C)CCC(C)(C)CC.C=CCCNC.CN1Cc2ccccc2/C(N)=C(/NCC[NH-])c2ccccc21.[CH2-]CCCC.[Y]. The fourth-order valence-electron chi connectivity index (χ4n) is 4.78. The Kier molecular flexibility index (Phi) is 27.1. The van der Waals surface area contributed by atoms with Gasteiger partial charge in [-0.25, -0.2) is 0 Å². The van der Waals surface area contributed by atoms with E-state index >= 15 is 0 Å². The first-order chi connectivity index (χ1) is 21.9. The minimum atomic E-state index is 0. The minimum absolute atomic E-state index is 0. The van der Waals surface area contributed by atoms with Crippen LogP contribution in [0.5, 0.6) is 0 Å². The Bertz CT molecular complexity index is 1140. The van der Waals surface area contributed by atoms with Gasteiger partial charge in [0.05, 0.1) is 11.4 Å². The molecule has 0 unspecified atom stereocenters. The summed E-state index contributed by atoms with van der Waals surface area (Å²) < 4.78 is 0. The summed E-state index contributed by atoms with van der Waals surface area (Å²) in [6, 6.07) is 16.5. The summed E-state index contributed by atoms with van der Waals surface area (Å²) in [5, 5.41) is 6.34. The molecule has 263 valence electrons. The monoisotopic (exact) mass is 720 g/mol. The number of allylic oxidation sites excluding steroid dienone is 1. The average molecular weight is 721 g/mol. The molecule has 0 saturated carbocycles. The first-order valence-corrected chi connectivity index (χ1v) is 17.3. The van der Waals surface area contributed by atoms with Gasteiger partial charge < -0.3 is 33.9 Å². The Hall–Kier alpha value is -1.92. The summed E-state index contributed by atoms with van der Waals surface area (Å²) in [6.45, 7) is 27.6. The molecule has 0 aliphatic carbocycles. The Morgan fingerprint density at radius 2 is 1.53 bits per heavy atom. The van der Waals surface area contributed by atoms with Crippen molar-refractivity contribution in [2.45, 2.75) is 99.5 Å². The first-order valence-electron chi connectivity index (χ1n) is 17.3. The largest absolute Gasteiger partial charge is 0.676 e. The Morgan fingerprint density at radius 1 is 0.936 bits per heavy atom. The second-order valence-electron chi connectivity index (χ2n) is 13.6. The number of benzene rings is 2. The average Bonchev–Trinajstić information content (AvgIpc) is 3.04. The van der Waals surface area contributed by atoms with E-state index in [0.29, 0.717) is 23.9 Å². The molecular weight excluding hydrogens is 651 g/mol. The van der Waals surface area contributed by atoms with E-state index in [1.165, 1.54) is 37.7 Å². The summed E-state index contributed by atoms with van der Waals surface area (Å²) in [6.07, 6.45) is 13.7. The van der Waals surface area contributed by atoms with Gasteiger partial charge in [0.1, 0.15) is 0 Å². The van der Waals surface area contributed by atoms with Gasteiger partial charge in [-0.2, -0.15) is 6.42 Å². The van der Waals surface area contributed by atoms with E-state index in [1.54, 1.807) is 0 Å². The molecule has 47 heavy (non-hydrogen) atoms. The predicted octanol–water partition coefficient (Wildman–Crippen LogP) is 10.7. The van der Waals surface area contributed by atoms with Gasteiger partial charge in [0.2, 0.25) is 0 Å². The van der Waals surface area contributed by atoms with Crippen LogP contribution >= 0.6 is 0 Å². The number of anilines is 1. The van der Waals surface area contributed by atoms with Gasteiger partial charge in [-0.05, 0) is 68.3 Å². The van der Waals surface area contributed by atoms with Gasteiger partial charge in [0.15, 0.2) is 0 Å². The van der Waals surface area contributed by atoms with Crippen LogP contribution in [0.25, 0.3) is 17.1 Å². The van der Waals surface area contributed by atoms with E-state index in [4.69, 9.17) is 11.5 Å². The molecule has 5 nitrogen and oxygen atoms in total. The van der Waals surface area contributed by atoms with Crippen LogP contribution in [0.4, 0.5) is 5.69 Å². The Labute approximate surface area is 316 Å². The molecule has 6 heteroatoms. The third-order valence-electron chi connectivity index (χ3n) is 8.33. The van der Waals surface area contributed by atoms with Crippen molar-refractivity contribution in [1.29, 1.82) is 0 Å². The molecule has 0 bridgehead atoms. The molecule has 1 aliphatic heterocycles.